The van der Waals surface area contributed by atoms with Gasteiger partial charge in [0.15, 0.2) is 0 Å². The number of rotatable bonds is 2. The molecule has 0 radical (unpaired) electrons. The maximum Gasteiger partial charge on any atom is 0.255 e. The van der Waals surface area contributed by atoms with Crippen molar-refractivity contribution < 1.29 is 9.53 Å². The molecule has 1 fully saturated rings. The highest BCUT2D eigenvalue weighted by Crippen LogP contribution is 2.24. The Morgan fingerprint density at radius 2 is 2.26 bits per heavy atom. The molecule has 19 heavy (non-hydrogen) atoms. The molecule has 2 atom stereocenters. The lowest BCUT2D eigenvalue weighted by molar-refractivity contribution is -0.0559. The van der Waals surface area contributed by atoms with Crippen LogP contribution in [-0.2, 0) is 4.74 Å². The van der Waals surface area contributed by atoms with E-state index < -0.39 is 0 Å². The number of amides is 1. The van der Waals surface area contributed by atoms with Gasteiger partial charge < -0.3 is 9.64 Å². The number of hydrogen-bond acceptors (Lipinski definition) is 2. The third-order valence-corrected chi connectivity index (χ3v) is 4.59. The number of hydrogen-bond donors (Lipinski definition) is 0. The summed E-state index contributed by atoms with van der Waals surface area (Å²) in [6.45, 7) is 3.16. The van der Waals surface area contributed by atoms with Gasteiger partial charge in [-0.2, -0.15) is 0 Å². The summed E-state index contributed by atoms with van der Waals surface area (Å²) in [5.74, 6) is -0.0181. The molecule has 0 spiro atoms. The Labute approximate surface area is 134 Å². The molecule has 1 aliphatic heterocycles. The van der Waals surface area contributed by atoms with E-state index >= 15 is 0 Å². The van der Waals surface area contributed by atoms with E-state index in [0.29, 0.717) is 23.7 Å². The van der Waals surface area contributed by atoms with Gasteiger partial charge in [0.2, 0.25) is 0 Å². The summed E-state index contributed by atoms with van der Waals surface area (Å²) in [4.78, 5) is 14.4. The minimum Gasteiger partial charge on any atom is -0.371 e. The highest BCUT2D eigenvalue weighted by Gasteiger charge is 2.29. The molecule has 1 aromatic rings. The van der Waals surface area contributed by atoms with Crippen molar-refractivity contribution in [3.8, 4) is 0 Å². The van der Waals surface area contributed by atoms with Gasteiger partial charge in [0, 0.05) is 27.9 Å². The minimum absolute atomic E-state index is 0.0181. The van der Waals surface area contributed by atoms with Crippen molar-refractivity contribution in [1.82, 2.24) is 4.90 Å². The van der Waals surface area contributed by atoms with Crippen LogP contribution in [0.25, 0.3) is 0 Å². The topological polar surface area (TPSA) is 29.5 Å². The summed E-state index contributed by atoms with van der Waals surface area (Å²) in [5, 5.41) is 1.28. The molecule has 1 saturated heterocycles. The molecule has 2 unspecified atom stereocenters. The van der Waals surface area contributed by atoms with Crippen molar-refractivity contribution in [2.24, 2.45) is 0 Å². The van der Waals surface area contributed by atoms with Crippen LogP contribution in [0, 0.1) is 0 Å². The predicted molar refractivity (Wildman–Crippen MR) is 83.2 cm³/mol. The van der Waals surface area contributed by atoms with Crippen molar-refractivity contribution in [1.29, 1.82) is 0 Å². The van der Waals surface area contributed by atoms with Crippen molar-refractivity contribution in [2.45, 2.75) is 19.1 Å². The average molecular weight is 412 g/mol. The molecule has 0 bridgehead atoms. The van der Waals surface area contributed by atoms with Gasteiger partial charge in [0.05, 0.1) is 17.8 Å². The molecule has 0 saturated carbocycles. The minimum atomic E-state index is -0.0181. The molecule has 2 rings (SSSR count). The fourth-order valence-corrected chi connectivity index (χ4v) is 3.07. The van der Waals surface area contributed by atoms with E-state index in [1.807, 2.05) is 11.8 Å². The Morgan fingerprint density at radius 1 is 1.53 bits per heavy atom. The summed E-state index contributed by atoms with van der Waals surface area (Å²) < 4.78 is 6.49. The Kier molecular flexibility index (Phi) is 5.29. The summed E-state index contributed by atoms with van der Waals surface area (Å²) in [7, 11) is 0. The number of nitrogens with zero attached hydrogens (tertiary/aromatic N) is 1. The van der Waals surface area contributed by atoms with Crippen LogP contribution in [0.15, 0.2) is 22.7 Å². The first-order chi connectivity index (χ1) is 9.01. The molecule has 6 heteroatoms. The second-order valence-corrected chi connectivity index (χ2v) is 6.50. The quantitative estimate of drug-likeness (QED) is 0.694. The summed E-state index contributed by atoms with van der Waals surface area (Å²) >= 11 is 12.8. The first kappa shape index (κ1) is 15.3. The lowest BCUT2D eigenvalue weighted by Crippen LogP contribution is -2.49. The molecule has 0 aromatic heterocycles. The molecule has 1 amide bonds. The zero-order valence-electron chi connectivity index (χ0n) is 10.4. The lowest BCUT2D eigenvalue weighted by atomic mass is 10.1. The number of morpholine rings is 1. The van der Waals surface area contributed by atoms with E-state index in [-0.39, 0.29) is 18.1 Å². The van der Waals surface area contributed by atoms with Crippen LogP contribution in [-0.4, -0.2) is 41.4 Å². The summed E-state index contributed by atoms with van der Waals surface area (Å²) in [5.41, 5.74) is 0.593. The Morgan fingerprint density at radius 3 is 2.95 bits per heavy atom. The van der Waals surface area contributed by atoms with E-state index in [1.54, 1.807) is 18.2 Å². The maximum absolute atomic E-state index is 12.5. The van der Waals surface area contributed by atoms with Crippen LogP contribution in [0.2, 0.25) is 5.02 Å². The average Bonchev–Trinajstić information content (AvgIpc) is 2.40. The van der Waals surface area contributed by atoms with Crippen LogP contribution >= 0.6 is 43.5 Å². The maximum atomic E-state index is 12.5. The van der Waals surface area contributed by atoms with Crippen molar-refractivity contribution in [3.63, 3.8) is 0 Å². The second-order valence-electron chi connectivity index (χ2n) is 4.56. The highest BCUT2D eigenvalue weighted by atomic mass is 79.9. The van der Waals surface area contributed by atoms with E-state index in [1.165, 1.54) is 0 Å². The molecule has 0 N–H and O–H groups in total. The van der Waals surface area contributed by atoms with Gasteiger partial charge in [-0.05, 0) is 41.1 Å². The van der Waals surface area contributed by atoms with Gasteiger partial charge in [-0.3, -0.25) is 4.79 Å². The molecule has 1 aliphatic rings. The Hall–Kier alpha value is -0.100. The van der Waals surface area contributed by atoms with Gasteiger partial charge >= 0.3 is 0 Å². The van der Waals surface area contributed by atoms with Gasteiger partial charge in [-0.1, -0.05) is 27.5 Å². The smallest absolute Gasteiger partial charge is 0.255 e. The van der Waals surface area contributed by atoms with Gasteiger partial charge in [0.1, 0.15) is 0 Å². The third kappa shape index (κ3) is 3.72. The zero-order valence-corrected chi connectivity index (χ0v) is 14.3. The molecule has 104 valence electrons. The first-order valence-corrected chi connectivity index (χ1v) is 8.26. The van der Waals surface area contributed by atoms with Crippen LogP contribution in [0.5, 0.6) is 0 Å². The number of benzene rings is 1. The Bertz CT molecular complexity index is 484. The van der Waals surface area contributed by atoms with Gasteiger partial charge in [-0.15, -0.1) is 0 Å². The zero-order chi connectivity index (χ0) is 14.0. The van der Waals surface area contributed by atoms with Crippen LogP contribution in [0.1, 0.15) is 17.3 Å². The number of halogens is 3. The van der Waals surface area contributed by atoms with E-state index in [9.17, 15) is 4.79 Å². The number of ether oxygens (including phenoxy) is 1. The van der Waals surface area contributed by atoms with Gasteiger partial charge in [-0.25, -0.2) is 0 Å². The molecule has 3 nitrogen and oxygen atoms in total. The predicted octanol–water partition coefficient (Wildman–Crippen LogP) is 3.73. The van der Waals surface area contributed by atoms with Crippen LogP contribution in [0.3, 0.4) is 0 Å². The second kappa shape index (κ2) is 6.57. The van der Waals surface area contributed by atoms with Crippen LogP contribution in [0.4, 0.5) is 0 Å². The molecular weight excluding hydrogens is 397 g/mol. The molecule has 1 heterocycles. The first-order valence-electron chi connectivity index (χ1n) is 5.97. The van der Waals surface area contributed by atoms with Crippen molar-refractivity contribution in [3.05, 3.63) is 33.3 Å². The standard InChI is InChI=1S/C13H14Br2ClNO2/c1-8-6-17(7-10(5-14)19-8)13(18)11-4-9(16)2-3-12(11)15/h2-4,8,10H,5-7H2,1H3. The SMILES string of the molecule is CC1CN(C(=O)c2cc(Cl)ccc2Br)CC(CBr)O1. The highest BCUT2D eigenvalue weighted by molar-refractivity contribution is 9.10. The molecular formula is C13H14Br2ClNO2. The monoisotopic (exact) mass is 409 g/mol. The largest absolute Gasteiger partial charge is 0.371 e. The molecule has 1 aromatic carbocycles. The lowest BCUT2D eigenvalue weighted by Gasteiger charge is -2.36. The summed E-state index contributed by atoms with van der Waals surface area (Å²) in [6, 6.07) is 5.24. The number of carbonyl (C=O) groups is 1. The molecule has 0 aliphatic carbocycles. The summed E-state index contributed by atoms with van der Waals surface area (Å²) in [6.07, 6.45) is 0.0730. The number of carbonyl (C=O) groups excluding carboxylic acids is 1. The normalized spacial score (nSPS) is 23.5. The van der Waals surface area contributed by atoms with E-state index in [2.05, 4.69) is 31.9 Å². The van der Waals surface area contributed by atoms with E-state index in [0.717, 1.165) is 9.80 Å². The fraction of sp³-hybridized carbons (Fsp3) is 0.462. The van der Waals surface area contributed by atoms with Crippen molar-refractivity contribution >= 4 is 49.4 Å². The fourth-order valence-electron chi connectivity index (χ4n) is 2.13. The third-order valence-electron chi connectivity index (χ3n) is 2.94. The van der Waals surface area contributed by atoms with E-state index in [4.69, 9.17) is 16.3 Å². The number of alkyl halides is 1. The van der Waals surface area contributed by atoms with Crippen LogP contribution < -0.4 is 0 Å². The van der Waals surface area contributed by atoms with Gasteiger partial charge in [0.25, 0.3) is 5.91 Å². The van der Waals surface area contributed by atoms with Crippen molar-refractivity contribution in [2.75, 3.05) is 18.4 Å². The Balaban J connectivity index is 2.21.